The highest BCUT2D eigenvalue weighted by Crippen LogP contribution is 2.19. The topological polar surface area (TPSA) is 74.6 Å². The van der Waals surface area contributed by atoms with Crippen LogP contribution in [0, 0.1) is 0 Å². The second kappa shape index (κ2) is 15.2. The van der Waals surface area contributed by atoms with Crippen molar-refractivity contribution in [3.63, 3.8) is 0 Å². The average molecular weight is 365 g/mol. The Balaban J connectivity index is 3.62. The molecule has 0 fully saturated rings. The summed E-state index contributed by atoms with van der Waals surface area (Å²) >= 11 is 0. The number of hydrogen-bond donors (Lipinski definition) is 2. The Morgan fingerprint density at radius 1 is 0.708 bits per heavy atom. The van der Waals surface area contributed by atoms with Gasteiger partial charge in [-0.05, 0) is 26.2 Å². The van der Waals surface area contributed by atoms with Gasteiger partial charge in [0.15, 0.2) is 0 Å². The third-order valence-corrected chi connectivity index (χ3v) is 6.01. The lowest BCUT2D eigenvalue weighted by Crippen LogP contribution is -2.20. The second-order valence-electron chi connectivity index (χ2n) is 7.24. The summed E-state index contributed by atoms with van der Waals surface area (Å²) in [5.41, 5.74) is 0. The molecule has 0 saturated heterocycles. The van der Waals surface area contributed by atoms with Crippen molar-refractivity contribution in [2.75, 3.05) is 0 Å². The first-order valence-corrected chi connectivity index (χ1v) is 11.5. The second-order valence-corrected chi connectivity index (χ2v) is 8.94. The molecule has 0 aliphatic heterocycles. The molecule has 0 aliphatic carbocycles. The first-order chi connectivity index (χ1) is 11.4. The van der Waals surface area contributed by atoms with Crippen LogP contribution in [0.3, 0.4) is 0 Å². The van der Waals surface area contributed by atoms with E-state index >= 15 is 0 Å². The third kappa shape index (κ3) is 15.4. The van der Waals surface area contributed by atoms with Gasteiger partial charge in [0.2, 0.25) is 0 Å². The van der Waals surface area contributed by atoms with Gasteiger partial charge in [0.1, 0.15) is 0 Å². The van der Waals surface area contributed by atoms with Crippen LogP contribution in [-0.4, -0.2) is 29.4 Å². The molecule has 0 aliphatic rings. The van der Waals surface area contributed by atoms with Crippen LogP contribution in [0.4, 0.5) is 0 Å². The summed E-state index contributed by atoms with van der Waals surface area (Å²) in [5.74, 6) is 0. The van der Waals surface area contributed by atoms with Gasteiger partial charge in [-0.2, -0.15) is 8.42 Å². The van der Waals surface area contributed by atoms with Gasteiger partial charge >= 0.3 is 0 Å². The van der Waals surface area contributed by atoms with Crippen LogP contribution in [-0.2, 0) is 10.1 Å². The molecule has 146 valence electrons. The molecule has 2 N–H and O–H groups in total. The number of hydrogen-bond acceptors (Lipinski definition) is 3. The van der Waals surface area contributed by atoms with E-state index in [-0.39, 0.29) is 6.10 Å². The number of unbranched alkanes of at least 4 members (excludes halogenated alkanes) is 10. The number of rotatable bonds is 17. The predicted molar refractivity (Wildman–Crippen MR) is 102 cm³/mol. The summed E-state index contributed by atoms with van der Waals surface area (Å²) in [7, 11) is -3.89. The van der Waals surface area contributed by atoms with E-state index in [9.17, 15) is 18.1 Å². The minimum absolute atomic E-state index is 0.178. The van der Waals surface area contributed by atoms with E-state index in [0.717, 1.165) is 57.8 Å². The molecule has 24 heavy (non-hydrogen) atoms. The summed E-state index contributed by atoms with van der Waals surface area (Å²) in [6, 6.07) is 0. The fourth-order valence-electron chi connectivity index (χ4n) is 3.11. The van der Waals surface area contributed by atoms with Gasteiger partial charge in [-0.1, -0.05) is 84.0 Å². The minimum atomic E-state index is -3.89. The highest BCUT2D eigenvalue weighted by Gasteiger charge is 2.21. The van der Waals surface area contributed by atoms with E-state index in [1.807, 2.05) is 6.92 Å². The van der Waals surface area contributed by atoms with Crippen molar-refractivity contribution in [2.45, 2.75) is 122 Å². The SMILES string of the molecule is CCCCCCC(CCCCCCCCCCC(C)O)S(=O)(=O)O. The smallest absolute Gasteiger partial charge is 0.267 e. The average Bonchev–Trinajstić information content (AvgIpc) is 2.49. The van der Waals surface area contributed by atoms with Gasteiger partial charge in [-0.15, -0.1) is 0 Å². The summed E-state index contributed by atoms with van der Waals surface area (Å²) in [4.78, 5) is 0. The van der Waals surface area contributed by atoms with E-state index in [0.29, 0.717) is 12.8 Å². The lowest BCUT2D eigenvalue weighted by atomic mass is 10.0. The molecule has 0 spiro atoms. The minimum Gasteiger partial charge on any atom is -0.393 e. The Morgan fingerprint density at radius 2 is 1.08 bits per heavy atom. The Hall–Kier alpha value is -0.130. The van der Waals surface area contributed by atoms with Gasteiger partial charge < -0.3 is 5.11 Å². The van der Waals surface area contributed by atoms with Crippen LogP contribution >= 0.6 is 0 Å². The van der Waals surface area contributed by atoms with Crippen LogP contribution < -0.4 is 0 Å². The molecule has 0 amide bonds. The molecule has 2 atom stereocenters. The lowest BCUT2D eigenvalue weighted by Gasteiger charge is -2.13. The van der Waals surface area contributed by atoms with Crippen molar-refractivity contribution in [3.8, 4) is 0 Å². The molecule has 2 unspecified atom stereocenters. The van der Waals surface area contributed by atoms with Gasteiger partial charge in [0.05, 0.1) is 11.4 Å². The highest BCUT2D eigenvalue weighted by molar-refractivity contribution is 7.86. The fraction of sp³-hybridized carbons (Fsp3) is 1.00. The molecule has 0 heterocycles. The zero-order chi connectivity index (χ0) is 18.3. The Bertz CT molecular complexity index is 366. The first kappa shape index (κ1) is 23.9. The Labute approximate surface area is 150 Å². The summed E-state index contributed by atoms with van der Waals surface area (Å²) < 4.78 is 32.2. The summed E-state index contributed by atoms with van der Waals surface area (Å²) in [5, 5.41) is 8.61. The Kier molecular flexibility index (Phi) is 15.1. The maximum absolute atomic E-state index is 11.4. The molecular weight excluding hydrogens is 324 g/mol. The molecule has 4 nitrogen and oxygen atoms in total. The van der Waals surface area contributed by atoms with Crippen LogP contribution in [0.15, 0.2) is 0 Å². The van der Waals surface area contributed by atoms with Crippen molar-refractivity contribution in [3.05, 3.63) is 0 Å². The van der Waals surface area contributed by atoms with Crippen molar-refractivity contribution in [1.29, 1.82) is 0 Å². The van der Waals surface area contributed by atoms with E-state index < -0.39 is 15.4 Å². The van der Waals surface area contributed by atoms with E-state index in [1.54, 1.807) is 0 Å². The summed E-state index contributed by atoms with van der Waals surface area (Å²) in [6.07, 6.45) is 15.1. The highest BCUT2D eigenvalue weighted by atomic mass is 32.2. The molecule has 0 aromatic rings. The normalized spacial score (nSPS) is 14.7. The molecule has 0 aromatic carbocycles. The van der Waals surface area contributed by atoms with Gasteiger partial charge in [0, 0.05) is 0 Å². The zero-order valence-corrected chi connectivity index (χ0v) is 16.7. The van der Waals surface area contributed by atoms with Gasteiger partial charge in [-0.3, -0.25) is 4.55 Å². The van der Waals surface area contributed by atoms with Crippen LogP contribution in [0.25, 0.3) is 0 Å². The monoisotopic (exact) mass is 364 g/mol. The zero-order valence-electron chi connectivity index (χ0n) is 15.9. The molecule has 0 bridgehead atoms. The number of aliphatic hydroxyl groups excluding tert-OH is 1. The molecule has 0 aromatic heterocycles. The van der Waals surface area contributed by atoms with E-state index in [1.165, 1.54) is 25.7 Å². The lowest BCUT2D eigenvalue weighted by molar-refractivity contribution is 0.180. The number of aliphatic hydroxyl groups is 1. The van der Waals surface area contributed by atoms with Crippen molar-refractivity contribution in [2.24, 2.45) is 0 Å². The third-order valence-electron chi connectivity index (χ3n) is 4.70. The van der Waals surface area contributed by atoms with Crippen molar-refractivity contribution < 1.29 is 18.1 Å². The standard InChI is InChI=1S/C19H40O4S/c1-3-4-5-13-16-19(24(21,22)23)17-14-11-9-7-6-8-10-12-15-18(2)20/h18-20H,3-17H2,1-2H3,(H,21,22,23). The largest absolute Gasteiger partial charge is 0.393 e. The van der Waals surface area contributed by atoms with Crippen molar-refractivity contribution >= 4 is 10.1 Å². The fourth-order valence-corrected chi connectivity index (χ4v) is 4.04. The van der Waals surface area contributed by atoms with Crippen LogP contribution in [0.1, 0.15) is 110 Å². The molecule has 0 saturated carbocycles. The van der Waals surface area contributed by atoms with Crippen LogP contribution in [0.2, 0.25) is 0 Å². The van der Waals surface area contributed by atoms with Gasteiger partial charge in [-0.25, -0.2) is 0 Å². The maximum atomic E-state index is 11.4. The quantitative estimate of drug-likeness (QED) is 0.264. The molecule has 0 radical (unpaired) electrons. The molecule has 0 rings (SSSR count). The first-order valence-electron chi connectivity index (χ1n) is 10.0. The van der Waals surface area contributed by atoms with Gasteiger partial charge in [0.25, 0.3) is 10.1 Å². The van der Waals surface area contributed by atoms with E-state index in [2.05, 4.69) is 6.92 Å². The maximum Gasteiger partial charge on any atom is 0.267 e. The van der Waals surface area contributed by atoms with Crippen molar-refractivity contribution in [1.82, 2.24) is 0 Å². The Morgan fingerprint density at radius 3 is 1.46 bits per heavy atom. The predicted octanol–water partition coefficient (Wildman–Crippen LogP) is 5.50. The summed E-state index contributed by atoms with van der Waals surface area (Å²) in [6.45, 7) is 3.97. The van der Waals surface area contributed by atoms with E-state index in [4.69, 9.17) is 0 Å². The molecular formula is C19H40O4S. The van der Waals surface area contributed by atoms with Crippen LogP contribution in [0.5, 0.6) is 0 Å². The molecule has 5 heteroatoms.